The first-order valence-electron chi connectivity index (χ1n) is 8.50. The van der Waals surface area contributed by atoms with Crippen molar-refractivity contribution >= 4 is 29.3 Å². The number of benzene rings is 1. The van der Waals surface area contributed by atoms with Gasteiger partial charge in [-0.3, -0.25) is 9.78 Å². The molecule has 0 bridgehead atoms. The second-order valence-corrected chi connectivity index (χ2v) is 6.78. The number of ether oxygens (including phenoxy) is 1. The SMILES string of the molecule is COc1ccc2ncc(F)c(CCCC3(C(=O)O)C(C)NC3C)c2c1.Cl. The number of aromatic nitrogens is 1. The fraction of sp³-hybridized carbons (Fsp3) is 0.474. The van der Waals surface area contributed by atoms with Gasteiger partial charge < -0.3 is 15.2 Å². The number of aryl methyl sites for hydroxylation is 1. The molecule has 1 saturated heterocycles. The zero-order valence-electron chi connectivity index (χ0n) is 15.1. The average molecular weight is 383 g/mol. The van der Waals surface area contributed by atoms with Gasteiger partial charge in [-0.1, -0.05) is 0 Å². The van der Waals surface area contributed by atoms with Crippen LogP contribution in [0.4, 0.5) is 4.39 Å². The first-order chi connectivity index (χ1) is 11.9. The van der Waals surface area contributed by atoms with Crippen LogP contribution in [0.25, 0.3) is 10.9 Å². The third-order valence-corrected chi connectivity index (χ3v) is 5.59. The molecule has 2 heterocycles. The van der Waals surface area contributed by atoms with Crippen LogP contribution in [-0.4, -0.2) is 35.3 Å². The fourth-order valence-corrected chi connectivity index (χ4v) is 4.00. The van der Waals surface area contributed by atoms with Crippen molar-refractivity contribution in [2.24, 2.45) is 5.41 Å². The summed E-state index contributed by atoms with van der Waals surface area (Å²) < 4.78 is 19.6. The number of carboxylic acid groups (broad SMARTS) is 1. The Morgan fingerprint density at radius 1 is 1.38 bits per heavy atom. The lowest BCUT2D eigenvalue weighted by atomic mass is 9.65. The summed E-state index contributed by atoms with van der Waals surface area (Å²) in [7, 11) is 1.57. The molecule has 2 unspecified atom stereocenters. The molecule has 2 aromatic rings. The van der Waals surface area contributed by atoms with Crippen LogP contribution in [0.15, 0.2) is 24.4 Å². The quantitative estimate of drug-likeness (QED) is 0.799. The van der Waals surface area contributed by atoms with Crippen molar-refractivity contribution in [2.75, 3.05) is 7.11 Å². The van der Waals surface area contributed by atoms with Crippen LogP contribution in [0, 0.1) is 11.2 Å². The van der Waals surface area contributed by atoms with E-state index in [2.05, 4.69) is 10.3 Å². The Morgan fingerprint density at radius 3 is 2.65 bits per heavy atom. The Hall–Kier alpha value is -1.92. The number of fused-ring (bicyclic) bond motifs is 1. The number of nitrogens with one attached hydrogen (secondary N) is 1. The van der Waals surface area contributed by atoms with Gasteiger partial charge >= 0.3 is 5.97 Å². The molecule has 5 nitrogen and oxygen atoms in total. The molecule has 142 valence electrons. The van der Waals surface area contributed by atoms with Crippen LogP contribution in [0.2, 0.25) is 0 Å². The molecule has 2 N–H and O–H groups in total. The van der Waals surface area contributed by atoms with Crippen LogP contribution in [0.1, 0.15) is 32.3 Å². The summed E-state index contributed by atoms with van der Waals surface area (Å²) in [4.78, 5) is 15.9. The molecule has 1 aromatic heterocycles. The molecule has 0 amide bonds. The van der Waals surface area contributed by atoms with Gasteiger partial charge in [0.1, 0.15) is 11.6 Å². The lowest BCUT2D eigenvalue weighted by Gasteiger charge is -2.51. The molecule has 0 spiro atoms. The zero-order chi connectivity index (χ0) is 18.2. The minimum Gasteiger partial charge on any atom is -0.497 e. The highest BCUT2D eigenvalue weighted by Crippen LogP contribution is 2.41. The maximum Gasteiger partial charge on any atom is 0.312 e. The van der Waals surface area contributed by atoms with Gasteiger partial charge in [0.05, 0.1) is 24.2 Å². The summed E-state index contributed by atoms with van der Waals surface area (Å²) in [5, 5.41) is 13.6. The predicted octanol–water partition coefficient (Wildman–Crippen LogP) is 3.58. The van der Waals surface area contributed by atoms with Crippen molar-refractivity contribution < 1.29 is 19.0 Å². The van der Waals surface area contributed by atoms with Gasteiger partial charge in [0.25, 0.3) is 0 Å². The highest BCUT2D eigenvalue weighted by molar-refractivity contribution is 5.85. The molecule has 1 aliphatic heterocycles. The lowest BCUT2D eigenvalue weighted by molar-refractivity contribution is -0.161. The number of methoxy groups -OCH3 is 1. The van der Waals surface area contributed by atoms with Gasteiger partial charge in [0.2, 0.25) is 0 Å². The Bertz CT molecular complexity index is 807. The average Bonchev–Trinajstić information content (AvgIpc) is 2.59. The van der Waals surface area contributed by atoms with Gasteiger partial charge in [-0.05, 0) is 56.9 Å². The third-order valence-electron chi connectivity index (χ3n) is 5.59. The van der Waals surface area contributed by atoms with E-state index in [-0.39, 0.29) is 30.3 Å². The van der Waals surface area contributed by atoms with E-state index in [1.807, 2.05) is 13.8 Å². The summed E-state index contributed by atoms with van der Waals surface area (Å²) in [6, 6.07) is 5.21. The molecule has 0 saturated carbocycles. The number of pyridine rings is 1. The molecule has 0 aliphatic carbocycles. The smallest absolute Gasteiger partial charge is 0.312 e. The monoisotopic (exact) mass is 382 g/mol. The zero-order valence-corrected chi connectivity index (χ0v) is 15.9. The fourth-order valence-electron chi connectivity index (χ4n) is 4.00. The topological polar surface area (TPSA) is 71.5 Å². The standard InChI is InChI=1S/C19H23FN2O3.ClH/c1-11-19(18(23)24,12(2)22-11)8-4-5-14-15-9-13(25-3)6-7-17(15)21-10-16(14)20;/h6-7,9-12,22H,4-5,8H2,1-3H3,(H,23,24);1H. The lowest BCUT2D eigenvalue weighted by Crippen LogP contribution is -2.70. The van der Waals surface area contributed by atoms with Gasteiger partial charge in [0, 0.05) is 17.5 Å². The summed E-state index contributed by atoms with van der Waals surface area (Å²) >= 11 is 0. The highest BCUT2D eigenvalue weighted by Gasteiger charge is 2.55. The van der Waals surface area contributed by atoms with E-state index < -0.39 is 11.4 Å². The number of carboxylic acids is 1. The van der Waals surface area contributed by atoms with E-state index in [0.717, 1.165) is 5.39 Å². The molecular formula is C19H24ClFN2O3. The number of nitrogens with zero attached hydrogens (tertiary/aromatic N) is 1. The Morgan fingerprint density at radius 2 is 2.08 bits per heavy atom. The van der Waals surface area contributed by atoms with Crippen molar-refractivity contribution in [1.82, 2.24) is 10.3 Å². The number of hydrogen-bond acceptors (Lipinski definition) is 4. The minimum atomic E-state index is -0.784. The predicted molar refractivity (Wildman–Crippen MR) is 101 cm³/mol. The largest absolute Gasteiger partial charge is 0.497 e. The van der Waals surface area contributed by atoms with E-state index in [1.54, 1.807) is 25.3 Å². The van der Waals surface area contributed by atoms with E-state index >= 15 is 0 Å². The van der Waals surface area contributed by atoms with Crippen LogP contribution in [-0.2, 0) is 11.2 Å². The number of hydrogen-bond donors (Lipinski definition) is 2. The van der Waals surface area contributed by atoms with Crippen LogP contribution >= 0.6 is 12.4 Å². The van der Waals surface area contributed by atoms with E-state index in [9.17, 15) is 14.3 Å². The van der Waals surface area contributed by atoms with Crippen molar-refractivity contribution in [3.63, 3.8) is 0 Å². The van der Waals surface area contributed by atoms with Gasteiger partial charge in [0.15, 0.2) is 0 Å². The summed E-state index contributed by atoms with van der Waals surface area (Å²) in [6.07, 6.45) is 2.79. The molecular weight excluding hydrogens is 359 g/mol. The van der Waals surface area contributed by atoms with Gasteiger partial charge in [-0.15, -0.1) is 12.4 Å². The summed E-state index contributed by atoms with van der Waals surface area (Å²) in [6.45, 7) is 3.78. The van der Waals surface area contributed by atoms with E-state index in [0.29, 0.717) is 36.1 Å². The molecule has 26 heavy (non-hydrogen) atoms. The number of aliphatic carboxylic acids is 1. The Labute approximate surface area is 158 Å². The minimum absolute atomic E-state index is 0. The summed E-state index contributed by atoms with van der Waals surface area (Å²) in [5.41, 5.74) is 0.492. The molecule has 7 heteroatoms. The number of halogens is 2. The van der Waals surface area contributed by atoms with Crippen molar-refractivity contribution in [2.45, 2.75) is 45.2 Å². The van der Waals surface area contributed by atoms with Gasteiger partial charge in [-0.25, -0.2) is 4.39 Å². The molecule has 1 fully saturated rings. The van der Waals surface area contributed by atoms with Crippen molar-refractivity contribution in [1.29, 1.82) is 0 Å². The van der Waals surface area contributed by atoms with Crippen molar-refractivity contribution in [3.05, 3.63) is 35.8 Å². The summed E-state index contributed by atoms with van der Waals surface area (Å²) in [5.74, 6) is -0.500. The Balaban J connectivity index is 0.00000243. The van der Waals surface area contributed by atoms with Crippen LogP contribution in [0.3, 0.4) is 0 Å². The maximum atomic E-state index is 14.4. The third kappa shape index (κ3) is 3.23. The van der Waals surface area contributed by atoms with Crippen molar-refractivity contribution in [3.8, 4) is 5.75 Å². The molecule has 3 rings (SSSR count). The number of rotatable bonds is 6. The Kier molecular flexibility index (Phi) is 6.09. The maximum absolute atomic E-state index is 14.4. The van der Waals surface area contributed by atoms with E-state index in [1.165, 1.54) is 6.20 Å². The number of carbonyl (C=O) groups is 1. The van der Waals surface area contributed by atoms with E-state index in [4.69, 9.17) is 4.74 Å². The molecule has 2 atom stereocenters. The normalized spacial score (nSPS) is 24.6. The second-order valence-electron chi connectivity index (χ2n) is 6.78. The van der Waals surface area contributed by atoms with Crippen LogP contribution < -0.4 is 10.1 Å². The first kappa shape index (κ1) is 20.4. The first-order valence-corrected chi connectivity index (χ1v) is 8.50. The molecule has 1 aromatic carbocycles. The molecule has 1 aliphatic rings. The molecule has 0 radical (unpaired) electrons. The van der Waals surface area contributed by atoms with Crippen LogP contribution in [0.5, 0.6) is 5.75 Å². The second kappa shape index (κ2) is 7.76. The van der Waals surface area contributed by atoms with Gasteiger partial charge in [-0.2, -0.15) is 0 Å². The highest BCUT2D eigenvalue weighted by atomic mass is 35.5.